The molecular weight excluding hydrogens is 451 g/mol. The van der Waals surface area contributed by atoms with Gasteiger partial charge in [0.25, 0.3) is 0 Å². The van der Waals surface area contributed by atoms with Crippen molar-refractivity contribution in [3.05, 3.63) is 71.8 Å². The fourth-order valence-electron chi connectivity index (χ4n) is 3.65. The predicted octanol–water partition coefficient (Wildman–Crippen LogP) is 4.08. The van der Waals surface area contributed by atoms with E-state index in [0.717, 1.165) is 24.0 Å². The number of aromatic nitrogens is 3. The molecular formula is C23H22F3N5O3. The fraction of sp³-hybridized carbons (Fsp3) is 0.304. The van der Waals surface area contributed by atoms with E-state index >= 15 is 0 Å². The van der Waals surface area contributed by atoms with Crippen LogP contribution in [0.4, 0.5) is 18.0 Å². The van der Waals surface area contributed by atoms with Crippen LogP contribution < -0.4 is 4.74 Å². The molecule has 34 heavy (non-hydrogen) atoms. The number of ketones is 1. The fourth-order valence-corrected chi connectivity index (χ4v) is 3.65. The van der Waals surface area contributed by atoms with E-state index < -0.39 is 11.7 Å². The summed E-state index contributed by atoms with van der Waals surface area (Å²) >= 11 is 0. The van der Waals surface area contributed by atoms with Crippen molar-refractivity contribution in [2.45, 2.75) is 19.6 Å². The molecule has 1 saturated heterocycles. The van der Waals surface area contributed by atoms with Crippen molar-refractivity contribution in [1.82, 2.24) is 24.6 Å². The van der Waals surface area contributed by atoms with Gasteiger partial charge in [-0.05, 0) is 29.8 Å². The first-order valence-electron chi connectivity index (χ1n) is 10.6. The molecule has 2 aromatic heterocycles. The lowest BCUT2D eigenvalue weighted by molar-refractivity contribution is -0.138. The number of alkyl halides is 3. The number of benzene rings is 1. The van der Waals surface area contributed by atoms with E-state index in [1.54, 1.807) is 23.1 Å². The van der Waals surface area contributed by atoms with Gasteiger partial charge in [-0.1, -0.05) is 12.1 Å². The third-order valence-corrected chi connectivity index (χ3v) is 5.41. The van der Waals surface area contributed by atoms with Gasteiger partial charge in [0.2, 0.25) is 0 Å². The Hall–Kier alpha value is -3.73. The van der Waals surface area contributed by atoms with E-state index in [1.807, 2.05) is 6.07 Å². The Labute approximate surface area is 193 Å². The summed E-state index contributed by atoms with van der Waals surface area (Å²) in [6, 6.07) is 8.96. The number of rotatable bonds is 5. The molecule has 0 spiro atoms. The molecule has 3 aromatic rings. The largest absolute Gasteiger partial charge is 0.455 e. The number of Topliss-reactive ketones (excluding diaryl/α,β-unsaturated/α-hetero) is 1. The van der Waals surface area contributed by atoms with Crippen molar-refractivity contribution in [3.63, 3.8) is 0 Å². The lowest BCUT2D eigenvalue weighted by Crippen LogP contribution is -2.49. The van der Waals surface area contributed by atoms with Gasteiger partial charge < -0.3 is 9.64 Å². The normalized spacial score (nSPS) is 14.8. The summed E-state index contributed by atoms with van der Waals surface area (Å²) in [6.07, 6.45) is -0.948. The van der Waals surface area contributed by atoms with Crippen molar-refractivity contribution in [2.75, 3.05) is 26.2 Å². The molecule has 8 nitrogen and oxygen atoms in total. The highest BCUT2D eigenvalue weighted by Crippen LogP contribution is 2.37. The third kappa shape index (κ3) is 5.42. The van der Waals surface area contributed by atoms with Crippen LogP contribution >= 0.6 is 0 Å². The van der Waals surface area contributed by atoms with Gasteiger partial charge >= 0.3 is 12.2 Å². The van der Waals surface area contributed by atoms with E-state index in [-0.39, 0.29) is 29.0 Å². The topological polar surface area (TPSA) is 80.6 Å². The van der Waals surface area contributed by atoms with Crippen LogP contribution in [0.1, 0.15) is 28.5 Å². The number of hydrogen-bond donors (Lipinski definition) is 0. The van der Waals surface area contributed by atoms with Crippen molar-refractivity contribution in [2.24, 2.45) is 0 Å². The maximum absolute atomic E-state index is 13.2. The summed E-state index contributed by atoms with van der Waals surface area (Å²) in [5.41, 5.74) is 0.219. The minimum absolute atomic E-state index is 0.208. The number of carbonyl (C=O) groups is 2. The second-order valence-corrected chi connectivity index (χ2v) is 7.87. The Morgan fingerprint density at radius 1 is 1.09 bits per heavy atom. The van der Waals surface area contributed by atoms with Gasteiger partial charge in [-0.15, -0.1) is 0 Å². The minimum atomic E-state index is -4.54. The number of carbonyl (C=O) groups excluding carboxylic acids is 2. The monoisotopic (exact) mass is 473 g/mol. The Bertz CT molecular complexity index is 1190. The Morgan fingerprint density at radius 3 is 2.53 bits per heavy atom. The molecule has 0 radical (unpaired) electrons. The van der Waals surface area contributed by atoms with Crippen LogP contribution in [-0.2, 0) is 12.7 Å². The highest BCUT2D eigenvalue weighted by molar-refractivity contribution is 5.92. The van der Waals surface area contributed by atoms with Gasteiger partial charge in [-0.2, -0.15) is 23.0 Å². The maximum atomic E-state index is 13.2. The number of piperazine rings is 1. The Kier molecular flexibility index (Phi) is 6.64. The van der Waals surface area contributed by atoms with E-state index in [2.05, 4.69) is 15.0 Å². The van der Waals surface area contributed by atoms with Crippen LogP contribution in [0.3, 0.4) is 0 Å². The Morgan fingerprint density at radius 2 is 1.85 bits per heavy atom. The molecule has 1 fully saturated rings. The van der Waals surface area contributed by atoms with Crippen molar-refractivity contribution >= 4 is 11.8 Å². The molecule has 0 bridgehead atoms. The summed E-state index contributed by atoms with van der Waals surface area (Å²) in [7, 11) is 0. The summed E-state index contributed by atoms with van der Waals surface area (Å²) in [5, 5.41) is 4.01. The standard InChI is InChI=1S/C23H22F3N5O3/c1-16(32)20-6-8-31(28-20)22(33)30-11-9-29(10-12-30)15-17-3-2-4-18(13-17)34-21-14-27-7-5-19(21)23(24,25)26/h2-8,13-14H,9-12,15H2,1H3. The predicted molar refractivity (Wildman–Crippen MR) is 116 cm³/mol. The van der Waals surface area contributed by atoms with E-state index in [4.69, 9.17) is 4.74 Å². The van der Waals surface area contributed by atoms with Crippen molar-refractivity contribution in [3.8, 4) is 11.5 Å². The molecule has 3 heterocycles. The summed E-state index contributed by atoms with van der Waals surface area (Å²) in [6.45, 7) is 4.12. The number of nitrogens with zero attached hydrogens (tertiary/aromatic N) is 5. The lowest BCUT2D eigenvalue weighted by Gasteiger charge is -2.34. The van der Waals surface area contributed by atoms with Crippen LogP contribution in [0, 0.1) is 0 Å². The van der Waals surface area contributed by atoms with Crippen LogP contribution in [0.25, 0.3) is 0 Å². The zero-order valence-electron chi connectivity index (χ0n) is 18.3. The molecule has 0 saturated carbocycles. The summed E-state index contributed by atoms with van der Waals surface area (Å²) in [5.74, 6) is -0.281. The molecule has 178 valence electrons. The molecule has 4 rings (SSSR count). The molecule has 1 aromatic carbocycles. The Balaban J connectivity index is 1.36. The molecule has 11 heteroatoms. The third-order valence-electron chi connectivity index (χ3n) is 5.41. The second kappa shape index (κ2) is 9.64. The number of ether oxygens (including phenoxy) is 1. The van der Waals surface area contributed by atoms with Gasteiger partial charge in [-0.3, -0.25) is 14.7 Å². The molecule has 1 aliphatic heterocycles. The molecule has 1 amide bonds. The first-order chi connectivity index (χ1) is 16.2. The van der Waals surface area contributed by atoms with Crippen molar-refractivity contribution < 1.29 is 27.5 Å². The maximum Gasteiger partial charge on any atom is 0.420 e. The highest BCUT2D eigenvalue weighted by atomic mass is 19.4. The van der Waals surface area contributed by atoms with Crippen LogP contribution in [-0.4, -0.2) is 62.6 Å². The quantitative estimate of drug-likeness (QED) is 0.520. The highest BCUT2D eigenvalue weighted by Gasteiger charge is 2.34. The van der Waals surface area contributed by atoms with Crippen LogP contribution in [0.15, 0.2) is 55.0 Å². The number of halogens is 3. The van der Waals surface area contributed by atoms with E-state index in [0.29, 0.717) is 32.7 Å². The molecule has 0 N–H and O–H groups in total. The summed E-state index contributed by atoms with van der Waals surface area (Å²) < 4.78 is 46.3. The van der Waals surface area contributed by atoms with Crippen LogP contribution in [0.5, 0.6) is 11.5 Å². The first-order valence-corrected chi connectivity index (χ1v) is 10.6. The first kappa shape index (κ1) is 23.4. The molecule has 0 unspecified atom stereocenters. The zero-order valence-corrected chi connectivity index (χ0v) is 18.3. The zero-order chi connectivity index (χ0) is 24.3. The van der Waals surface area contributed by atoms with Gasteiger partial charge in [0.05, 0.1) is 6.20 Å². The van der Waals surface area contributed by atoms with Gasteiger partial charge in [-0.25, -0.2) is 4.79 Å². The average molecular weight is 473 g/mol. The summed E-state index contributed by atoms with van der Waals surface area (Å²) in [4.78, 5) is 31.5. The van der Waals surface area contributed by atoms with Gasteiger partial charge in [0, 0.05) is 52.0 Å². The SMILES string of the molecule is CC(=O)c1ccn(C(=O)N2CCN(Cc3cccc(Oc4cnccc4C(F)(F)F)c3)CC2)n1. The van der Waals surface area contributed by atoms with Gasteiger partial charge in [0.15, 0.2) is 11.5 Å². The van der Waals surface area contributed by atoms with Crippen molar-refractivity contribution in [1.29, 1.82) is 0 Å². The molecule has 0 aliphatic carbocycles. The molecule has 0 atom stereocenters. The molecule has 1 aliphatic rings. The number of amides is 1. The number of hydrogen-bond acceptors (Lipinski definition) is 6. The average Bonchev–Trinajstić information content (AvgIpc) is 3.30. The lowest BCUT2D eigenvalue weighted by atomic mass is 10.2. The van der Waals surface area contributed by atoms with E-state index in [1.165, 1.54) is 23.9 Å². The second-order valence-electron chi connectivity index (χ2n) is 7.87. The minimum Gasteiger partial charge on any atom is -0.455 e. The number of pyridine rings is 1. The van der Waals surface area contributed by atoms with Gasteiger partial charge in [0.1, 0.15) is 17.0 Å². The van der Waals surface area contributed by atoms with Crippen LogP contribution in [0.2, 0.25) is 0 Å². The van der Waals surface area contributed by atoms with E-state index in [9.17, 15) is 22.8 Å². The smallest absolute Gasteiger partial charge is 0.420 e.